The van der Waals surface area contributed by atoms with Crippen molar-refractivity contribution in [1.82, 2.24) is 10.2 Å². The minimum Gasteiger partial charge on any atom is -0.352 e. The molecule has 1 atom stereocenters. The van der Waals surface area contributed by atoms with Gasteiger partial charge in [-0.1, -0.05) is 41.6 Å². The normalized spacial score (nSPS) is 21.2. The fourth-order valence-corrected chi connectivity index (χ4v) is 3.86. The first-order chi connectivity index (χ1) is 13.9. The maximum Gasteiger partial charge on any atom is 0.332 e. The summed E-state index contributed by atoms with van der Waals surface area (Å²) in [5.74, 6) is 5.29. The third-order valence-electron chi connectivity index (χ3n) is 5.19. The predicted molar refractivity (Wildman–Crippen MR) is 109 cm³/mol. The molecule has 1 N–H and O–H groups in total. The summed E-state index contributed by atoms with van der Waals surface area (Å²) in [5.41, 5.74) is 0.662. The lowest BCUT2D eigenvalue weighted by atomic mass is 9.89. The zero-order valence-electron chi connectivity index (χ0n) is 15.7. The zero-order chi connectivity index (χ0) is 20.6. The van der Waals surface area contributed by atoms with Crippen LogP contribution in [0.15, 0.2) is 48.5 Å². The van der Waals surface area contributed by atoms with Crippen LogP contribution in [-0.2, 0) is 9.59 Å². The molecule has 0 aliphatic carbocycles. The van der Waals surface area contributed by atoms with Gasteiger partial charge in [0, 0.05) is 24.2 Å². The quantitative estimate of drug-likeness (QED) is 0.739. The molecule has 0 radical (unpaired) electrons. The molecule has 6 nitrogen and oxygen atoms in total. The molecule has 29 heavy (non-hydrogen) atoms. The summed E-state index contributed by atoms with van der Waals surface area (Å²) in [6.07, 6.45) is -0.101. The van der Waals surface area contributed by atoms with Gasteiger partial charge in [0.25, 0.3) is 0 Å². The monoisotopic (exact) mass is 407 g/mol. The molecule has 2 aliphatic heterocycles. The summed E-state index contributed by atoms with van der Waals surface area (Å²) in [6, 6.07) is 14.0. The van der Waals surface area contributed by atoms with Gasteiger partial charge in [0.2, 0.25) is 11.8 Å². The fourth-order valence-electron chi connectivity index (χ4n) is 3.59. The number of carbonyl (C=O) groups is 3. The van der Waals surface area contributed by atoms with Crippen LogP contribution in [0.1, 0.15) is 24.5 Å². The second-order valence-corrected chi connectivity index (χ2v) is 7.56. The van der Waals surface area contributed by atoms with Gasteiger partial charge < -0.3 is 10.2 Å². The molecule has 0 unspecified atom stereocenters. The van der Waals surface area contributed by atoms with Crippen molar-refractivity contribution < 1.29 is 14.4 Å². The average Bonchev–Trinajstić information content (AvgIpc) is 2.70. The van der Waals surface area contributed by atoms with Crippen LogP contribution in [0, 0.1) is 11.8 Å². The molecule has 2 aromatic rings. The Bertz CT molecular complexity index is 1070. The lowest BCUT2D eigenvalue weighted by Gasteiger charge is -2.48. The third-order valence-corrected chi connectivity index (χ3v) is 5.49. The number of imide groups is 1. The number of hydrogen-bond acceptors (Lipinski definition) is 3. The van der Waals surface area contributed by atoms with Gasteiger partial charge in [0.1, 0.15) is 5.54 Å². The van der Waals surface area contributed by atoms with Gasteiger partial charge in [-0.2, -0.15) is 0 Å². The summed E-state index contributed by atoms with van der Waals surface area (Å²) >= 11 is 6.40. The number of fused-ring (bicyclic) bond motifs is 1. The van der Waals surface area contributed by atoms with E-state index in [1.165, 1.54) is 4.90 Å². The van der Waals surface area contributed by atoms with Crippen molar-refractivity contribution >= 4 is 35.1 Å². The Kier molecular flexibility index (Phi) is 4.77. The van der Waals surface area contributed by atoms with Crippen LogP contribution in [0.2, 0.25) is 5.02 Å². The Labute approximate surface area is 173 Å². The number of halogens is 1. The maximum absolute atomic E-state index is 13.0. The van der Waals surface area contributed by atoms with Crippen molar-refractivity contribution in [2.75, 3.05) is 18.0 Å². The van der Waals surface area contributed by atoms with Crippen molar-refractivity contribution in [2.24, 2.45) is 0 Å². The van der Waals surface area contributed by atoms with E-state index >= 15 is 0 Å². The minimum absolute atomic E-state index is 0.101. The van der Waals surface area contributed by atoms with Gasteiger partial charge in [-0.15, -0.1) is 0 Å². The third kappa shape index (κ3) is 3.34. The Hall–Kier alpha value is -3.30. The Morgan fingerprint density at radius 1 is 1.03 bits per heavy atom. The number of hydrogen-bond donors (Lipinski definition) is 1. The predicted octanol–water partition coefficient (Wildman–Crippen LogP) is 2.79. The molecular weight excluding hydrogens is 390 g/mol. The number of carbonyl (C=O) groups excluding carboxylic acids is 3. The number of amides is 4. The largest absolute Gasteiger partial charge is 0.352 e. The van der Waals surface area contributed by atoms with Crippen LogP contribution in [0.3, 0.4) is 0 Å². The molecule has 2 fully saturated rings. The summed E-state index contributed by atoms with van der Waals surface area (Å²) in [6.45, 7) is 2.30. The fraction of sp³-hybridized carbons (Fsp3) is 0.227. The molecule has 7 heteroatoms. The lowest BCUT2D eigenvalue weighted by Crippen LogP contribution is -2.72. The van der Waals surface area contributed by atoms with Crippen LogP contribution in [0.5, 0.6) is 0 Å². The number of urea groups is 1. The standard InChI is InChI=1S/C22H18ClN3O3/c1-22-14-19(27)26(21(29)25(22)12-11-24-20(22)28)18-10-9-16(13-17(18)23)8-7-15-5-3-2-4-6-15/h2-6,9-10,13H,11-12,14H2,1H3,(H,24,28)/t22-/m1/s1. The van der Waals surface area contributed by atoms with Gasteiger partial charge in [0.15, 0.2) is 0 Å². The average molecular weight is 408 g/mol. The van der Waals surface area contributed by atoms with E-state index in [-0.39, 0.29) is 17.4 Å². The number of benzene rings is 2. The van der Waals surface area contributed by atoms with Crippen LogP contribution >= 0.6 is 11.6 Å². The number of nitrogens with one attached hydrogen (secondary N) is 1. The zero-order valence-corrected chi connectivity index (χ0v) is 16.5. The lowest BCUT2D eigenvalue weighted by molar-refractivity contribution is -0.140. The summed E-state index contributed by atoms with van der Waals surface area (Å²) in [5, 5.41) is 2.97. The first-order valence-electron chi connectivity index (χ1n) is 9.19. The molecular formula is C22H18ClN3O3. The number of anilines is 1. The number of rotatable bonds is 1. The van der Waals surface area contributed by atoms with Gasteiger partial charge in [-0.3, -0.25) is 9.59 Å². The summed E-state index contributed by atoms with van der Waals surface area (Å²) in [7, 11) is 0. The van der Waals surface area contributed by atoms with Crippen LogP contribution in [0.25, 0.3) is 0 Å². The Balaban J connectivity index is 1.63. The summed E-state index contributed by atoms with van der Waals surface area (Å²) in [4.78, 5) is 40.6. The highest BCUT2D eigenvalue weighted by Crippen LogP contribution is 2.35. The molecule has 146 valence electrons. The first kappa shape index (κ1) is 19.0. The second kappa shape index (κ2) is 7.26. The number of nitrogens with zero attached hydrogens (tertiary/aromatic N) is 2. The SMILES string of the molecule is C[C@]12CC(=O)N(c3ccc(C#Cc4ccccc4)cc3Cl)C(=O)N1CCNC2=O. The molecule has 4 amide bonds. The van der Waals surface area contributed by atoms with Crippen LogP contribution < -0.4 is 10.2 Å². The van der Waals surface area contributed by atoms with Gasteiger partial charge in [-0.25, -0.2) is 9.69 Å². The molecule has 0 bridgehead atoms. The Morgan fingerprint density at radius 3 is 2.48 bits per heavy atom. The number of piperazine rings is 1. The van der Waals surface area contributed by atoms with Gasteiger partial charge in [0.05, 0.1) is 17.1 Å². The second-order valence-electron chi connectivity index (χ2n) is 7.15. The van der Waals surface area contributed by atoms with E-state index in [4.69, 9.17) is 11.6 Å². The molecule has 2 aliphatic rings. The highest BCUT2D eigenvalue weighted by Gasteiger charge is 2.53. The van der Waals surface area contributed by atoms with Crippen molar-refractivity contribution in [1.29, 1.82) is 0 Å². The van der Waals surface area contributed by atoms with E-state index in [9.17, 15) is 14.4 Å². The highest BCUT2D eigenvalue weighted by molar-refractivity contribution is 6.35. The highest BCUT2D eigenvalue weighted by atomic mass is 35.5. The molecule has 0 aromatic heterocycles. The molecule has 4 rings (SSSR count). The van der Waals surface area contributed by atoms with E-state index in [2.05, 4.69) is 17.2 Å². The molecule has 2 aromatic carbocycles. The summed E-state index contributed by atoms with van der Waals surface area (Å²) < 4.78 is 0. The van der Waals surface area contributed by atoms with Gasteiger partial charge >= 0.3 is 6.03 Å². The molecule has 2 saturated heterocycles. The van der Waals surface area contributed by atoms with Crippen molar-refractivity contribution in [3.63, 3.8) is 0 Å². The van der Waals surface area contributed by atoms with E-state index in [1.807, 2.05) is 30.3 Å². The van der Waals surface area contributed by atoms with Gasteiger partial charge in [-0.05, 0) is 37.3 Å². The van der Waals surface area contributed by atoms with Crippen molar-refractivity contribution in [2.45, 2.75) is 18.9 Å². The van der Waals surface area contributed by atoms with E-state index < -0.39 is 17.5 Å². The van der Waals surface area contributed by atoms with E-state index in [0.717, 1.165) is 10.5 Å². The smallest absolute Gasteiger partial charge is 0.332 e. The molecule has 0 spiro atoms. The molecule has 0 saturated carbocycles. The topological polar surface area (TPSA) is 69.7 Å². The van der Waals surface area contributed by atoms with Crippen LogP contribution in [0.4, 0.5) is 10.5 Å². The van der Waals surface area contributed by atoms with Crippen molar-refractivity contribution in [3.05, 3.63) is 64.7 Å². The first-order valence-corrected chi connectivity index (χ1v) is 9.57. The molecule has 2 heterocycles. The van der Waals surface area contributed by atoms with E-state index in [0.29, 0.717) is 24.3 Å². The van der Waals surface area contributed by atoms with Crippen molar-refractivity contribution in [3.8, 4) is 11.8 Å². The van der Waals surface area contributed by atoms with E-state index in [1.54, 1.807) is 25.1 Å². The minimum atomic E-state index is -1.17. The Morgan fingerprint density at radius 2 is 1.76 bits per heavy atom. The van der Waals surface area contributed by atoms with Crippen LogP contribution in [-0.4, -0.2) is 41.4 Å². The maximum atomic E-state index is 13.0.